The number of nitrogens with zero attached hydrogens (tertiary/aromatic N) is 3. The number of hydrogen-bond acceptors (Lipinski definition) is 4. The second-order valence-corrected chi connectivity index (χ2v) is 7.58. The molecule has 114 valence electrons. The summed E-state index contributed by atoms with van der Waals surface area (Å²) in [6, 6.07) is 1.96. The van der Waals surface area contributed by atoms with E-state index in [0.29, 0.717) is 18.1 Å². The van der Waals surface area contributed by atoms with Gasteiger partial charge in [0.15, 0.2) is 0 Å². The largest absolute Gasteiger partial charge is 0.444 e. The molecule has 0 aromatic heterocycles. The first kappa shape index (κ1) is 14.1. The lowest BCUT2D eigenvalue weighted by Crippen LogP contribution is -2.70. The van der Waals surface area contributed by atoms with Crippen molar-refractivity contribution in [2.75, 3.05) is 33.2 Å². The van der Waals surface area contributed by atoms with Gasteiger partial charge in [0.1, 0.15) is 5.60 Å². The van der Waals surface area contributed by atoms with E-state index in [9.17, 15) is 4.79 Å². The molecule has 5 heteroatoms. The van der Waals surface area contributed by atoms with Gasteiger partial charge in [-0.25, -0.2) is 4.79 Å². The molecular formula is C15H27N3O2. The summed E-state index contributed by atoms with van der Waals surface area (Å²) in [5, 5.41) is 0. The Balaban J connectivity index is 1.54. The first-order valence-electron chi connectivity index (χ1n) is 7.77. The molecule has 4 heterocycles. The maximum absolute atomic E-state index is 12.1. The van der Waals surface area contributed by atoms with Gasteiger partial charge in [0.2, 0.25) is 0 Å². The number of amides is 1. The molecule has 0 saturated carbocycles. The standard InChI is InChI=1S/C15H27N3O2/c1-15(2,3)20-14(19)17-6-5-11(10-17)18-12-7-13(18)9-16(4)8-12/h11-13H,5-10H2,1-4H3/t11-,12?,13?/m1/s1. The molecule has 4 saturated heterocycles. The van der Waals surface area contributed by atoms with Crippen molar-refractivity contribution in [3.05, 3.63) is 0 Å². The highest BCUT2D eigenvalue weighted by molar-refractivity contribution is 5.68. The van der Waals surface area contributed by atoms with Gasteiger partial charge in [-0.1, -0.05) is 0 Å². The topological polar surface area (TPSA) is 36.0 Å². The number of likely N-dealkylation sites (N-methyl/N-ethyl adjacent to an activating group) is 1. The zero-order chi connectivity index (χ0) is 14.5. The van der Waals surface area contributed by atoms with Crippen molar-refractivity contribution < 1.29 is 9.53 Å². The van der Waals surface area contributed by atoms with Crippen LogP contribution in [0.3, 0.4) is 0 Å². The Bertz CT molecular complexity index is 381. The zero-order valence-corrected chi connectivity index (χ0v) is 13.1. The number of likely N-dealkylation sites (tertiary alicyclic amines) is 1. The predicted octanol–water partition coefficient (Wildman–Crippen LogP) is 1.38. The SMILES string of the molecule is CN1CC2CC(C1)N2[C@@H]1CCN(C(=O)OC(C)(C)C)C1. The van der Waals surface area contributed by atoms with Gasteiger partial charge >= 0.3 is 6.09 Å². The van der Waals surface area contributed by atoms with E-state index in [0.717, 1.165) is 19.5 Å². The molecule has 2 bridgehead atoms. The van der Waals surface area contributed by atoms with Crippen molar-refractivity contribution in [2.24, 2.45) is 0 Å². The Morgan fingerprint density at radius 1 is 1.10 bits per heavy atom. The predicted molar refractivity (Wildman–Crippen MR) is 77.7 cm³/mol. The maximum atomic E-state index is 12.1. The highest BCUT2D eigenvalue weighted by atomic mass is 16.6. The fourth-order valence-corrected chi connectivity index (χ4v) is 3.92. The molecule has 0 spiro atoms. The van der Waals surface area contributed by atoms with Gasteiger partial charge < -0.3 is 14.5 Å². The van der Waals surface area contributed by atoms with Gasteiger partial charge in [0.05, 0.1) is 0 Å². The van der Waals surface area contributed by atoms with Gasteiger partial charge in [-0.05, 0) is 40.7 Å². The zero-order valence-electron chi connectivity index (χ0n) is 13.1. The molecule has 4 fully saturated rings. The first-order chi connectivity index (χ1) is 9.33. The van der Waals surface area contributed by atoms with Crippen LogP contribution < -0.4 is 0 Å². The van der Waals surface area contributed by atoms with Crippen molar-refractivity contribution in [1.82, 2.24) is 14.7 Å². The molecule has 0 aromatic rings. The molecule has 0 radical (unpaired) electrons. The molecule has 4 rings (SSSR count). The van der Waals surface area contributed by atoms with E-state index in [1.54, 1.807) is 0 Å². The Morgan fingerprint density at radius 2 is 1.75 bits per heavy atom. The quantitative estimate of drug-likeness (QED) is 0.727. The average Bonchev–Trinajstić information content (AvgIpc) is 2.75. The molecule has 0 aliphatic carbocycles. The van der Waals surface area contributed by atoms with Crippen LogP contribution in [-0.4, -0.2) is 77.7 Å². The lowest BCUT2D eigenvalue weighted by Gasteiger charge is -2.58. The van der Waals surface area contributed by atoms with Crippen LogP contribution in [0.25, 0.3) is 0 Å². The number of rotatable bonds is 1. The van der Waals surface area contributed by atoms with Crippen LogP contribution in [0.15, 0.2) is 0 Å². The molecule has 1 amide bonds. The minimum absolute atomic E-state index is 0.150. The van der Waals surface area contributed by atoms with Crippen LogP contribution in [0.5, 0.6) is 0 Å². The van der Waals surface area contributed by atoms with Crippen molar-refractivity contribution in [3.63, 3.8) is 0 Å². The Hall–Kier alpha value is -0.810. The summed E-state index contributed by atoms with van der Waals surface area (Å²) < 4.78 is 5.47. The Morgan fingerprint density at radius 3 is 2.35 bits per heavy atom. The summed E-state index contributed by atoms with van der Waals surface area (Å²) in [6.07, 6.45) is 2.28. The summed E-state index contributed by atoms with van der Waals surface area (Å²) in [4.78, 5) is 19.1. The number of carbonyl (C=O) groups excluding carboxylic acids is 1. The monoisotopic (exact) mass is 281 g/mol. The van der Waals surface area contributed by atoms with Gasteiger partial charge in [-0.2, -0.15) is 0 Å². The lowest BCUT2D eigenvalue weighted by molar-refractivity contribution is -0.0862. The van der Waals surface area contributed by atoms with E-state index >= 15 is 0 Å². The van der Waals surface area contributed by atoms with Gasteiger partial charge in [-0.15, -0.1) is 0 Å². The second kappa shape index (κ2) is 4.88. The van der Waals surface area contributed by atoms with Gasteiger partial charge in [0.25, 0.3) is 0 Å². The number of piperazine rings is 1. The number of carbonyl (C=O) groups is 1. The Kier molecular flexibility index (Phi) is 3.45. The molecule has 4 aliphatic heterocycles. The highest BCUT2D eigenvalue weighted by Gasteiger charge is 2.48. The summed E-state index contributed by atoms with van der Waals surface area (Å²) in [7, 11) is 2.21. The van der Waals surface area contributed by atoms with Crippen molar-refractivity contribution >= 4 is 6.09 Å². The van der Waals surface area contributed by atoms with E-state index in [1.807, 2.05) is 25.7 Å². The Labute approximate surface area is 121 Å². The van der Waals surface area contributed by atoms with Crippen LogP contribution in [0, 0.1) is 0 Å². The first-order valence-corrected chi connectivity index (χ1v) is 7.77. The summed E-state index contributed by atoms with van der Waals surface area (Å²) >= 11 is 0. The number of ether oxygens (including phenoxy) is 1. The molecule has 4 aliphatic rings. The molecule has 0 N–H and O–H groups in total. The van der Waals surface area contributed by atoms with Crippen molar-refractivity contribution in [1.29, 1.82) is 0 Å². The molecule has 0 aromatic carbocycles. The molecule has 3 atom stereocenters. The summed E-state index contributed by atoms with van der Waals surface area (Å²) in [6.45, 7) is 9.81. The van der Waals surface area contributed by atoms with Crippen molar-refractivity contribution in [3.8, 4) is 0 Å². The van der Waals surface area contributed by atoms with E-state index in [1.165, 1.54) is 19.5 Å². The average molecular weight is 281 g/mol. The van der Waals surface area contributed by atoms with Crippen molar-refractivity contribution in [2.45, 2.75) is 57.3 Å². The minimum atomic E-state index is -0.398. The summed E-state index contributed by atoms with van der Waals surface area (Å²) in [5.41, 5.74) is -0.398. The summed E-state index contributed by atoms with van der Waals surface area (Å²) in [5.74, 6) is 0. The van der Waals surface area contributed by atoms with Crippen LogP contribution in [-0.2, 0) is 4.74 Å². The van der Waals surface area contributed by atoms with E-state index in [4.69, 9.17) is 4.74 Å². The molecular weight excluding hydrogens is 254 g/mol. The number of fused-ring (bicyclic) bond motifs is 2. The van der Waals surface area contributed by atoms with Crippen LogP contribution >= 0.6 is 0 Å². The third-order valence-electron chi connectivity index (χ3n) is 4.67. The van der Waals surface area contributed by atoms with Gasteiger partial charge in [-0.3, -0.25) is 4.90 Å². The fraction of sp³-hybridized carbons (Fsp3) is 0.933. The normalized spacial score (nSPS) is 35.0. The molecule has 5 nitrogen and oxygen atoms in total. The maximum Gasteiger partial charge on any atom is 0.410 e. The highest BCUT2D eigenvalue weighted by Crippen LogP contribution is 2.36. The van der Waals surface area contributed by atoms with Crippen LogP contribution in [0.1, 0.15) is 33.6 Å². The number of piperidine rings is 1. The van der Waals surface area contributed by atoms with Gasteiger partial charge in [0, 0.05) is 44.3 Å². The number of hydrogen-bond donors (Lipinski definition) is 0. The van der Waals surface area contributed by atoms with Crippen LogP contribution in [0.4, 0.5) is 4.79 Å². The van der Waals surface area contributed by atoms with E-state index in [-0.39, 0.29) is 6.09 Å². The third kappa shape index (κ3) is 2.66. The minimum Gasteiger partial charge on any atom is -0.444 e. The molecule has 2 unspecified atom stereocenters. The molecule has 20 heavy (non-hydrogen) atoms. The third-order valence-corrected chi connectivity index (χ3v) is 4.67. The smallest absolute Gasteiger partial charge is 0.410 e. The lowest BCUT2D eigenvalue weighted by atomic mass is 9.85. The van der Waals surface area contributed by atoms with E-state index in [2.05, 4.69) is 16.8 Å². The van der Waals surface area contributed by atoms with E-state index < -0.39 is 5.60 Å². The van der Waals surface area contributed by atoms with Crippen LogP contribution in [0.2, 0.25) is 0 Å². The second-order valence-electron chi connectivity index (χ2n) is 7.58. The fourth-order valence-electron chi connectivity index (χ4n) is 3.92.